The molecule has 0 bridgehead atoms. The van der Waals surface area contributed by atoms with Crippen LogP contribution in [0.1, 0.15) is 51.3 Å². The van der Waals surface area contributed by atoms with E-state index in [4.69, 9.17) is 9.47 Å². The minimum Gasteiger partial charge on any atom is -0.376 e. The number of unbranched alkanes of at least 4 members (excludes halogenated alkanes) is 1. The first-order chi connectivity index (χ1) is 13.0. The van der Waals surface area contributed by atoms with Crippen molar-refractivity contribution in [3.8, 4) is 0 Å². The summed E-state index contributed by atoms with van der Waals surface area (Å²) in [6, 6.07) is 3.74. The number of aliphatic hydroxyl groups is 1. The fourth-order valence-electron chi connectivity index (χ4n) is 3.56. The minimum atomic E-state index is -1.04. The van der Waals surface area contributed by atoms with Crippen molar-refractivity contribution >= 4 is 12.0 Å². The Balaban J connectivity index is 2.28. The van der Waals surface area contributed by atoms with Gasteiger partial charge in [0.2, 0.25) is 0 Å². The van der Waals surface area contributed by atoms with Crippen LogP contribution in [0.5, 0.6) is 0 Å². The molecule has 1 fully saturated rings. The maximum atomic E-state index is 12.9. The Morgan fingerprint density at radius 3 is 2.85 bits per heavy atom. The number of allylic oxidation sites excluding steroid dienone is 1. The molecule has 2 rings (SSSR count). The lowest BCUT2D eigenvalue weighted by atomic mass is 9.75. The van der Waals surface area contributed by atoms with Gasteiger partial charge in [-0.3, -0.25) is 9.78 Å². The van der Waals surface area contributed by atoms with Crippen LogP contribution in [0.4, 0.5) is 0 Å². The topological polar surface area (TPSA) is 71.9 Å². The molecule has 1 aliphatic rings. The van der Waals surface area contributed by atoms with Gasteiger partial charge in [0.1, 0.15) is 13.5 Å². The van der Waals surface area contributed by atoms with Crippen LogP contribution in [-0.2, 0) is 20.7 Å². The van der Waals surface area contributed by atoms with Crippen LogP contribution in [0, 0.1) is 5.92 Å². The molecular weight excluding hydrogens is 344 g/mol. The van der Waals surface area contributed by atoms with E-state index in [0.717, 1.165) is 30.5 Å². The Hall–Kier alpha value is -1.76. The molecule has 1 aliphatic heterocycles. The van der Waals surface area contributed by atoms with E-state index in [1.807, 2.05) is 12.1 Å². The monoisotopic (exact) mass is 376 g/mol. The number of carbonyl (C=O) groups excluding carboxylic acids is 1. The number of aromatic nitrogens is 1. The van der Waals surface area contributed by atoms with Crippen LogP contribution < -0.4 is 0 Å². The molecule has 2 heterocycles. The van der Waals surface area contributed by atoms with E-state index in [1.54, 1.807) is 6.20 Å². The highest BCUT2D eigenvalue weighted by Gasteiger charge is 2.61. The van der Waals surface area contributed by atoms with E-state index < -0.39 is 5.60 Å². The molecular formula is C21H32N2O4. The molecule has 1 aromatic heterocycles. The number of pyridine rings is 1. The molecule has 6 nitrogen and oxygen atoms in total. The standard InChI is InChI=1S/C21H32N2O4/c1-5-6-7-8-17-9-10-22-18(12-17)13-21(27-15-26-4)19(11-16(2)3)23(14-24)20(21)25/h7-10,12,16,19,24H,5-6,11,13-15H2,1-4H3/b8-7+/t19-,21+/m0/s1. The highest BCUT2D eigenvalue weighted by atomic mass is 16.7. The van der Waals surface area contributed by atoms with Crippen LogP contribution >= 0.6 is 0 Å². The van der Waals surface area contributed by atoms with Crippen molar-refractivity contribution in [1.29, 1.82) is 0 Å². The average Bonchev–Trinajstić information content (AvgIpc) is 2.65. The van der Waals surface area contributed by atoms with E-state index in [2.05, 4.69) is 37.9 Å². The van der Waals surface area contributed by atoms with Gasteiger partial charge in [-0.2, -0.15) is 0 Å². The minimum absolute atomic E-state index is 0.0235. The lowest BCUT2D eigenvalue weighted by molar-refractivity contribution is -0.233. The van der Waals surface area contributed by atoms with Crippen molar-refractivity contribution in [2.45, 2.75) is 58.1 Å². The molecule has 1 saturated heterocycles. The number of amides is 1. The number of ether oxygens (including phenoxy) is 2. The lowest BCUT2D eigenvalue weighted by Gasteiger charge is -2.55. The Kier molecular flexibility index (Phi) is 7.95. The van der Waals surface area contributed by atoms with Gasteiger partial charge in [-0.05, 0) is 36.5 Å². The highest BCUT2D eigenvalue weighted by Crippen LogP contribution is 2.40. The van der Waals surface area contributed by atoms with Crippen molar-refractivity contribution < 1.29 is 19.4 Å². The first-order valence-corrected chi connectivity index (χ1v) is 9.64. The molecule has 150 valence electrons. The Morgan fingerprint density at radius 1 is 1.44 bits per heavy atom. The van der Waals surface area contributed by atoms with Crippen LogP contribution in [0.3, 0.4) is 0 Å². The highest BCUT2D eigenvalue weighted by molar-refractivity contribution is 5.93. The molecule has 0 aromatic carbocycles. The summed E-state index contributed by atoms with van der Waals surface area (Å²) >= 11 is 0. The van der Waals surface area contributed by atoms with Crippen molar-refractivity contribution in [2.75, 3.05) is 20.6 Å². The number of likely N-dealkylation sites (tertiary alicyclic amines) is 1. The molecule has 0 spiro atoms. The number of β-lactam (4-membered cyclic amide) rings is 1. The van der Waals surface area contributed by atoms with E-state index in [9.17, 15) is 9.90 Å². The normalized spacial score (nSPS) is 22.7. The van der Waals surface area contributed by atoms with Crippen molar-refractivity contribution in [2.24, 2.45) is 5.92 Å². The zero-order chi connectivity index (χ0) is 19.9. The SMILES string of the molecule is CCC/C=C/c1ccnc(C[C@]2(OCOC)C(=O)N(CO)[C@H]2CC(C)C)c1. The van der Waals surface area contributed by atoms with Gasteiger partial charge >= 0.3 is 0 Å². The second-order valence-electron chi connectivity index (χ2n) is 7.45. The van der Waals surface area contributed by atoms with Gasteiger partial charge < -0.3 is 19.5 Å². The Morgan fingerprint density at radius 2 is 2.22 bits per heavy atom. The average molecular weight is 376 g/mol. The van der Waals surface area contributed by atoms with E-state index >= 15 is 0 Å². The summed E-state index contributed by atoms with van der Waals surface area (Å²) in [4.78, 5) is 18.8. The number of carbonyl (C=O) groups is 1. The van der Waals surface area contributed by atoms with Crippen LogP contribution in [0.25, 0.3) is 6.08 Å². The quantitative estimate of drug-likeness (QED) is 0.475. The van der Waals surface area contributed by atoms with Gasteiger partial charge in [-0.15, -0.1) is 0 Å². The van der Waals surface area contributed by atoms with Gasteiger partial charge in [0.15, 0.2) is 5.60 Å². The van der Waals surface area contributed by atoms with Gasteiger partial charge in [-0.1, -0.05) is 39.3 Å². The molecule has 1 amide bonds. The molecule has 0 unspecified atom stereocenters. The third kappa shape index (κ3) is 4.94. The Labute approximate surface area is 162 Å². The van der Waals surface area contributed by atoms with Gasteiger partial charge in [0, 0.05) is 25.4 Å². The summed E-state index contributed by atoms with van der Waals surface area (Å²) in [5.41, 5.74) is 0.813. The number of methoxy groups -OCH3 is 1. The predicted molar refractivity (Wildman–Crippen MR) is 105 cm³/mol. The maximum Gasteiger partial charge on any atom is 0.259 e. The van der Waals surface area contributed by atoms with Crippen LogP contribution in [0.2, 0.25) is 0 Å². The number of rotatable bonds is 11. The summed E-state index contributed by atoms with van der Waals surface area (Å²) < 4.78 is 11.0. The summed E-state index contributed by atoms with van der Waals surface area (Å²) in [6.45, 7) is 6.05. The van der Waals surface area contributed by atoms with Gasteiger partial charge in [0.05, 0.1) is 6.04 Å². The third-order valence-electron chi connectivity index (χ3n) is 4.87. The predicted octanol–water partition coefficient (Wildman–Crippen LogP) is 3.00. The number of nitrogens with zero attached hydrogens (tertiary/aromatic N) is 2. The van der Waals surface area contributed by atoms with Crippen molar-refractivity contribution in [3.63, 3.8) is 0 Å². The van der Waals surface area contributed by atoms with E-state index in [0.29, 0.717) is 12.3 Å². The molecule has 0 radical (unpaired) electrons. The van der Waals surface area contributed by atoms with E-state index in [1.165, 1.54) is 12.0 Å². The zero-order valence-corrected chi connectivity index (χ0v) is 16.9. The third-order valence-corrected chi connectivity index (χ3v) is 4.87. The Bertz CT molecular complexity index is 647. The first-order valence-electron chi connectivity index (χ1n) is 9.64. The molecule has 6 heteroatoms. The molecule has 0 aliphatic carbocycles. The summed E-state index contributed by atoms with van der Waals surface area (Å²) in [5.74, 6) is 0.153. The molecule has 27 heavy (non-hydrogen) atoms. The van der Waals surface area contributed by atoms with Gasteiger partial charge in [0.25, 0.3) is 5.91 Å². The molecule has 2 atom stereocenters. The fourth-order valence-corrected chi connectivity index (χ4v) is 3.56. The summed E-state index contributed by atoms with van der Waals surface area (Å²) in [5, 5.41) is 9.62. The van der Waals surface area contributed by atoms with Crippen molar-refractivity contribution in [1.82, 2.24) is 9.88 Å². The summed E-state index contributed by atoms with van der Waals surface area (Å²) in [7, 11) is 1.54. The smallest absolute Gasteiger partial charge is 0.259 e. The second kappa shape index (κ2) is 9.97. The van der Waals surface area contributed by atoms with Crippen LogP contribution in [-0.4, -0.2) is 53.2 Å². The van der Waals surface area contributed by atoms with Gasteiger partial charge in [-0.25, -0.2) is 0 Å². The van der Waals surface area contributed by atoms with Crippen LogP contribution in [0.15, 0.2) is 24.4 Å². The molecule has 0 saturated carbocycles. The maximum absolute atomic E-state index is 12.9. The second-order valence-corrected chi connectivity index (χ2v) is 7.45. The summed E-state index contributed by atoms with van der Waals surface area (Å²) in [6.07, 6.45) is 9.20. The first kappa shape index (κ1) is 21.5. The van der Waals surface area contributed by atoms with E-state index in [-0.39, 0.29) is 25.5 Å². The van der Waals surface area contributed by atoms with Crippen molar-refractivity contribution in [3.05, 3.63) is 35.7 Å². The lowest BCUT2D eigenvalue weighted by Crippen LogP contribution is -2.76. The zero-order valence-electron chi connectivity index (χ0n) is 16.9. The number of hydrogen-bond donors (Lipinski definition) is 1. The number of hydrogen-bond acceptors (Lipinski definition) is 5. The fraction of sp³-hybridized carbons (Fsp3) is 0.619. The molecule has 1 N–H and O–H groups in total. The largest absolute Gasteiger partial charge is 0.376 e. The molecule has 1 aromatic rings. The number of aliphatic hydroxyl groups excluding tert-OH is 1.